The van der Waals surface area contributed by atoms with E-state index in [9.17, 15) is 49.5 Å². The van der Waals surface area contributed by atoms with Gasteiger partial charge in [-0.3, -0.25) is 38.7 Å². The molecule has 15 heteroatoms. The van der Waals surface area contributed by atoms with Crippen molar-refractivity contribution < 1.29 is 49.5 Å². The summed E-state index contributed by atoms with van der Waals surface area (Å²) in [7, 11) is 0. The van der Waals surface area contributed by atoms with Crippen molar-refractivity contribution in [3.8, 4) is 5.40 Å². The molecule has 0 saturated heterocycles. The second-order valence-corrected chi connectivity index (χ2v) is 10.7. The molecule has 1 aromatic carbocycles. The molecule has 1 aliphatic rings. The maximum atomic E-state index is 12.0. The van der Waals surface area contributed by atoms with E-state index in [1.54, 1.807) is 29.2 Å². The van der Waals surface area contributed by atoms with Crippen LogP contribution in [-0.2, 0) is 30.4 Å². The van der Waals surface area contributed by atoms with E-state index in [1.165, 1.54) is 9.80 Å². The van der Waals surface area contributed by atoms with Crippen molar-refractivity contribution in [3.05, 3.63) is 29.8 Å². The Morgan fingerprint density at radius 3 is 1.63 bits per heavy atom. The van der Waals surface area contributed by atoms with Crippen LogP contribution in [-0.4, -0.2) is 127 Å². The maximum absolute atomic E-state index is 12.0. The van der Waals surface area contributed by atoms with Crippen LogP contribution < -0.4 is 0 Å². The van der Waals surface area contributed by atoms with Crippen LogP contribution in [0, 0.1) is 10.7 Å². The van der Waals surface area contributed by atoms with Gasteiger partial charge in [0.25, 0.3) is 0 Å². The van der Waals surface area contributed by atoms with Gasteiger partial charge in [0, 0.05) is 29.6 Å². The van der Waals surface area contributed by atoms with Gasteiger partial charge in [-0.1, -0.05) is 25.0 Å². The van der Waals surface area contributed by atoms with Gasteiger partial charge >= 0.3 is 29.8 Å². The minimum absolute atomic E-state index is 0.0727. The third-order valence-electron chi connectivity index (χ3n) is 6.84. The fourth-order valence-electron chi connectivity index (χ4n) is 5.33. The molecule has 1 saturated carbocycles. The molecule has 0 aliphatic heterocycles. The summed E-state index contributed by atoms with van der Waals surface area (Å²) < 4.78 is 0. The Hall–Kier alpha value is -3.71. The molecule has 1 aromatic rings. The van der Waals surface area contributed by atoms with E-state index in [0.717, 1.165) is 11.8 Å². The predicted molar refractivity (Wildman–Crippen MR) is 144 cm³/mol. The van der Waals surface area contributed by atoms with Gasteiger partial charge < -0.3 is 25.5 Å². The average molecular weight is 595 g/mol. The quantitative estimate of drug-likeness (QED) is 0.117. The van der Waals surface area contributed by atoms with Crippen molar-refractivity contribution in [1.29, 1.82) is 5.26 Å². The number of nitriles is 1. The Bertz CT molecular complexity index is 1090. The predicted octanol–water partition coefficient (Wildman–Crippen LogP) is 0.811. The van der Waals surface area contributed by atoms with Crippen LogP contribution in [0.25, 0.3) is 0 Å². The van der Waals surface area contributed by atoms with Crippen LogP contribution in [0.5, 0.6) is 0 Å². The van der Waals surface area contributed by atoms with Crippen molar-refractivity contribution in [2.24, 2.45) is 0 Å². The van der Waals surface area contributed by atoms with Crippen LogP contribution in [0.4, 0.5) is 0 Å². The van der Waals surface area contributed by atoms with Gasteiger partial charge in [0.05, 0.1) is 32.7 Å². The highest BCUT2D eigenvalue weighted by atomic mass is 32.2. The molecule has 0 heterocycles. The number of thiocyanates is 1. The Morgan fingerprint density at radius 2 is 1.20 bits per heavy atom. The first-order chi connectivity index (χ1) is 19.4. The minimum Gasteiger partial charge on any atom is -0.480 e. The SMILES string of the molecule is N#CSc1ccc(C[C@@H](CN(CC(=O)O)[C@@H]2CCCC[C@H]2N(CC(=O)O)CC(=O)O)N(CC(=O)O)CC(=O)O)cc1. The number of carbonyl (C=O) groups is 5. The van der Waals surface area contributed by atoms with Crippen molar-refractivity contribution in [1.82, 2.24) is 14.7 Å². The number of carboxylic acid groups (broad SMARTS) is 5. The monoisotopic (exact) mass is 594 g/mol. The second kappa shape index (κ2) is 16.5. The molecule has 224 valence electrons. The molecule has 0 spiro atoms. The van der Waals surface area contributed by atoms with E-state index >= 15 is 0 Å². The summed E-state index contributed by atoms with van der Waals surface area (Å²) in [6, 6.07) is 4.86. The molecule has 2 rings (SSSR count). The minimum atomic E-state index is -1.27. The van der Waals surface area contributed by atoms with Gasteiger partial charge in [0.1, 0.15) is 5.40 Å². The topological polar surface area (TPSA) is 220 Å². The number of hydrogen-bond donors (Lipinski definition) is 5. The average Bonchev–Trinajstić information content (AvgIpc) is 2.87. The number of aliphatic carboxylic acids is 5. The van der Waals surface area contributed by atoms with Gasteiger partial charge in [0.2, 0.25) is 0 Å². The first kappa shape index (κ1) is 33.5. The Labute approximate surface area is 240 Å². The molecule has 1 aliphatic carbocycles. The van der Waals surface area contributed by atoms with Gasteiger partial charge in [-0.15, -0.1) is 0 Å². The molecule has 5 N–H and O–H groups in total. The highest BCUT2D eigenvalue weighted by molar-refractivity contribution is 8.03. The van der Waals surface area contributed by atoms with Gasteiger partial charge in [-0.2, -0.15) is 5.26 Å². The standard InChI is InChI=1S/C26H34N4O10S/c27-16-41-19-7-5-17(6-8-19)9-18(28(11-22(31)32)12-23(33)34)10-29(13-24(35)36)20-3-1-2-4-21(20)30(14-25(37)38)15-26(39)40/h5-8,18,20-21H,1-4,9-15H2,(H,31,32)(H,33,34)(H,35,36)(H,37,38)(H,39,40)/t18-,20+,21+/m0/s1. The molecule has 0 radical (unpaired) electrons. The van der Waals surface area contributed by atoms with Crippen LogP contribution in [0.15, 0.2) is 29.2 Å². The van der Waals surface area contributed by atoms with Crippen LogP contribution in [0.2, 0.25) is 0 Å². The molecular formula is C26H34N4O10S. The third kappa shape index (κ3) is 11.7. The van der Waals surface area contributed by atoms with Crippen LogP contribution >= 0.6 is 11.8 Å². The summed E-state index contributed by atoms with van der Waals surface area (Å²) >= 11 is 0.951. The number of carboxylic acids is 5. The molecule has 1 fully saturated rings. The Morgan fingerprint density at radius 1 is 0.756 bits per heavy atom. The highest BCUT2D eigenvalue weighted by Gasteiger charge is 2.38. The maximum Gasteiger partial charge on any atom is 0.317 e. The van der Waals surface area contributed by atoms with E-state index < -0.39 is 80.7 Å². The fourth-order valence-corrected chi connectivity index (χ4v) is 5.71. The lowest BCUT2D eigenvalue weighted by molar-refractivity contribution is -0.146. The Balaban J connectivity index is 2.50. The largest absolute Gasteiger partial charge is 0.480 e. The Kier molecular flexibility index (Phi) is 13.5. The van der Waals surface area contributed by atoms with Crippen molar-refractivity contribution in [3.63, 3.8) is 0 Å². The zero-order chi connectivity index (χ0) is 30.5. The van der Waals surface area contributed by atoms with E-state index in [1.807, 2.05) is 5.40 Å². The summed E-state index contributed by atoms with van der Waals surface area (Å²) in [5.41, 5.74) is 0.701. The first-order valence-electron chi connectivity index (χ1n) is 12.9. The van der Waals surface area contributed by atoms with Crippen molar-refractivity contribution in [2.45, 2.75) is 55.1 Å². The van der Waals surface area contributed by atoms with E-state index in [-0.39, 0.29) is 13.0 Å². The second-order valence-electron chi connectivity index (χ2n) is 9.82. The number of hydrogen-bond acceptors (Lipinski definition) is 10. The fraction of sp³-hybridized carbons (Fsp3) is 0.538. The van der Waals surface area contributed by atoms with Gasteiger partial charge in [-0.25, -0.2) is 0 Å². The number of benzene rings is 1. The summed E-state index contributed by atoms with van der Waals surface area (Å²) in [5.74, 6) is -6.20. The van der Waals surface area contributed by atoms with Crippen LogP contribution in [0.1, 0.15) is 31.2 Å². The zero-order valence-electron chi connectivity index (χ0n) is 22.3. The lowest BCUT2D eigenvalue weighted by atomic mass is 9.87. The zero-order valence-corrected chi connectivity index (χ0v) is 23.1. The summed E-state index contributed by atoms with van der Waals surface area (Å²) in [6.07, 6.45) is 2.39. The van der Waals surface area contributed by atoms with Gasteiger partial charge in [-0.05, 0) is 48.7 Å². The smallest absolute Gasteiger partial charge is 0.317 e. The lowest BCUT2D eigenvalue weighted by Crippen LogP contribution is -2.59. The van der Waals surface area contributed by atoms with Gasteiger partial charge in [0.15, 0.2) is 0 Å². The molecule has 0 unspecified atom stereocenters. The van der Waals surface area contributed by atoms with Crippen molar-refractivity contribution in [2.75, 3.05) is 39.3 Å². The summed E-state index contributed by atoms with van der Waals surface area (Å²) in [4.78, 5) is 63.2. The van der Waals surface area contributed by atoms with E-state index in [2.05, 4.69) is 0 Å². The highest BCUT2D eigenvalue weighted by Crippen LogP contribution is 2.29. The molecule has 41 heavy (non-hydrogen) atoms. The normalized spacial score (nSPS) is 17.7. The molecule has 14 nitrogen and oxygen atoms in total. The third-order valence-corrected chi connectivity index (χ3v) is 7.44. The molecule has 0 aromatic heterocycles. The van der Waals surface area contributed by atoms with E-state index in [4.69, 9.17) is 5.26 Å². The molecule has 0 bridgehead atoms. The number of nitrogens with zero attached hydrogens (tertiary/aromatic N) is 4. The van der Waals surface area contributed by atoms with Crippen molar-refractivity contribution >= 4 is 41.6 Å². The number of thioether (sulfide) groups is 1. The lowest BCUT2D eigenvalue weighted by Gasteiger charge is -2.45. The molecular weight excluding hydrogens is 560 g/mol. The summed E-state index contributed by atoms with van der Waals surface area (Å²) in [6.45, 7) is -2.95. The van der Waals surface area contributed by atoms with E-state index in [0.29, 0.717) is 36.1 Å². The molecule has 3 atom stereocenters. The van der Waals surface area contributed by atoms with Crippen LogP contribution in [0.3, 0.4) is 0 Å². The first-order valence-corrected chi connectivity index (χ1v) is 13.7. The number of rotatable bonds is 18. The molecule has 0 amide bonds. The summed E-state index contributed by atoms with van der Waals surface area (Å²) in [5, 5.41) is 58.5.